The number of rotatable bonds is 12. The molecule has 0 bridgehead atoms. The standard InChI is InChI=1S/C17H32N2OS/c1-5-10-18-13-16-8-9-17(21-16)14-19(11-12-20-4)15(6-2)7-3/h8-9,15,18H,5-7,10-14H2,1-4H3. The van der Waals surface area contributed by atoms with Gasteiger partial charge in [-0.15, -0.1) is 11.3 Å². The van der Waals surface area contributed by atoms with Gasteiger partial charge < -0.3 is 10.1 Å². The van der Waals surface area contributed by atoms with Crippen molar-refractivity contribution in [2.75, 3.05) is 26.8 Å². The number of hydrogen-bond acceptors (Lipinski definition) is 4. The van der Waals surface area contributed by atoms with Gasteiger partial charge in [-0.1, -0.05) is 20.8 Å². The van der Waals surface area contributed by atoms with E-state index in [0.29, 0.717) is 6.04 Å². The summed E-state index contributed by atoms with van der Waals surface area (Å²) in [5.41, 5.74) is 0. The van der Waals surface area contributed by atoms with Crippen LogP contribution in [0.5, 0.6) is 0 Å². The Morgan fingerprint density at radius 3 is 2.52 bits per heavy atom. The summed E-state index contributed by atoms with van der Waals surface area (Å²) in [6.07, 6.45) is 3.60. The maximum absolute atomic E-state index is 5.27. The first-order valence-corrected chi connectivity index (χ1v) is 9.08. The largest absolute Gasteiger partial charge is 0.383 e. The summed E-state index contributed by atoms with van der Waals surface area (Å²) in [6.45, 7) is 11.7. The van der Waals surface area contributed by atoms with Gasteiger partial charge in [0.05, 0.1) is 6.61 Å². The lowest BCUT2D eigenvalue weighted by Crippen LogP contribution is -2.36. The molecule has 3 nitrogen and oxygen atoms in total. The Hall–Kier alpha value is -0.420. The first kappa shape index (κ1) is 18.6. The highest BCUT2D eigenvalue weighted by molar-refractivity contribution is 7.11. The summed E-state index contributed by atoms with van der Waals surface area (Å²) in [4.78, 5) is 5.47. The van der Waals surface area contributed by atoms with Crippen LogP contribution < -0.4 is 5.32 Å². The van der Waals surface area contributed by atoms with Gasteiger partial charge in [-0.25, -0.2) is 0 Å². The molecule has 0 aliphatic heterocycles. The first-order valence-electron chi connectivity index (χ1n) is 8.26. The Morgan fingerprint density at radius 2 is 1.90 bits per heavy atom. The monoisotopic (exact) mass is 312 g/mol. The van der Waals surface area contributed by atoms with Crippen molar-refractivity contribution in [3.8, 4) is 0 Å². The minimum absolute atomic E-state index is 0.656. The van der Waals surface area contributed by atoms with Crippen molar-refractivity contribution in [3.05, 3.63) is 21.9 Å². The Kier molecular flexibility index (Phi) is 9.92. The van der Waals surface area contributed by atoms with E-state index in [2.05, 4.69) is 43.1 Å². The zero-order valence-electron chi connectivity index (χ0n) is 14.2. The second kappa shape index (κ2) is 11.2. The lowest BCUT2D eigenvalue weighted by atomic mass is 10.1. The predicted octanol–water partition coefficient (Wildman–Crippen LogP) is 3.88. The van der Waals surface area contributed by atoms with E-state index in [1.165, 1.54) is 29.0 Å². The van der Waals surface area contributed by atoms with Crippen LogP contribution >= 0.6 is 11.3 Å². The summed E-state index contributed by atoms with van der Waals surface area (Å²) in [6, 6.07) is 5.21. The number of ether oxygens (including phenoxy) is 1. The molecule has 1 N–H and O–H groups in total. The van der Waals surface area contributed by atoms with Crippen molar-refractivity contribution in [2.24, 2.45) is 0 Å². The minimum Gasteiger partial charge on any atom is -0.383 e. The van der Waals surface area contributed by atoms with Crippen molar-refractivity contribution in [1.82, 2.24) is 10.2 Å². The summed E-state index contributed by atoms with van der Waals surface area (Å²) >= 11 is 1.94. The SMILES string of the molecule is CCCNCc1ccc(CN(CCOC)C(CC)CC)s1. The van der Waals surface area contributed by atoms with Crippen LogP contribution in [0.1, 0.15) is 49.8 Å². The highest BCUT2D eigenvalue weighted by atomic mass is 32.1. The molecule has 0 unspecified atom stereocenters. The molecule has 0 amide bonds. The van der Waals surface area contributed by atoms with Crippen molar-refractivity contribution in [3.63, 3.8) is 0 Å². The predicted molar refractivity (Wildman–Crippen MR) is 93.0 cm³/mol. The molecule has 0 saturated heterocycles. The van der Waals surface area contributed by atoms with Crippen LogP contribution in [0.15, 0.2) is 12.1 Å². The molecule has 0 aromatic carbocycles. The highest BCUT2D eigenvalue weighted by Gasteiger charge is 2.16. The van der Waals surface area contributed by atoms with Crippen LogP contribution in [0.2, 0.25) is 0 Å². The molecular formula is C17H32N2OS. The number of nitrogens with zero attached hydrogens (tertiary/aromatic N) is 1. The van der Waals surface area contributed by atoms with Gasteiger partial charge in [-0.3, -0.25) is 4.90 Å². The van der Waals surface area contributed by atoms with Crippen LogP contribution in [0, 0.1) is 0 Å². The van der Waals surface area contributed by atoms with Crippen LogP contribution in [0.25, 0.3) is 0 Å². The van der Waals surface area contributed by atoms with E-state index in [1.54, 1.807) is 7.11 Å². The van der Waals surface area contributed by atoms with Crippen molar-refractivity contribution in [2.45, 2.75) is 59.2 Å². The molecule has 0 saturated carbocycles. The average Bonchev–Trinajstić information content (AvgIpc) is 2.93. The van der Waals surface area contributed by atoms with Crippen LogP contribution in [0.3, 0.4) is 0 Å². The van der Waals surface area contributed by atoms with E-state index < -0.39 is 0 Å². The first-order chi connectivity index (χ1) is 10.2. The van der Waals surface area contributed by atoms with Gasteiger partial charge in [0.1, 0.15) is 0 Å². The molecule has 0 atom stereocenters. The average molecular weight is 313 g/mol. The molecule has 122 valence electrons. The quantitative estimate of drug-likeness (QED) is 0.593. The van der Waals surface area contributed by atoms with Gasteiger partial charge >= 0.3 is 0 Å². The van der Waals surface area contributed by atoms with E-state index in [4.69, 9.17) is 4.74 Å². The fraction of sp³-hybridized carbons (Fsp3) is 0.765. The van der Waals surface area contributed by atoms with Gasteiger partial charge in [0, 0.05) is 42.5 Å². The molecule has 1 rings (SSSR count). The van der Waals surface area contributed by atoms with E-state index in [1.807, 2.05) is 11.3 Å². The third-order valence-electron chi connectivity index (χ3n) is 3.84. The number of methoxy groups -OCH3 is 1. The fourth-order valence-corrected chi connectivity index (χ4v) is 3.61. The number of hydrogen-bond donors (Lipinski definition) is 1. The molecule has 1 aromatic rings. The van der Waals surface area contributed by atoms with Gasteiger partial charge in [-0.2, -0.15) is 0 Å². The van der Waals surface area contributed by atoms with Gasteiger partial charge in [0.25, 0.3) is 0 Å². The molecular weight excluding hydrogens is 280 g/mol. The Morgan fingerprint density at radius 1 is 1.19 bits per heavy atom. The van der Waals surface area contributed by atoms with Crippen LogP contribution in [-0.4, -0.2) is 37.7 Å². The van der Waals surface area contributed by atoms with Gasteiger partial charge in [0.2, 0.25) is 0 Å². The van der Waals surface area contributed by atoms with Crippen LogP contribution in [0.4, 0.5) is 0 Å². The molecule has 0 radical (unpaired) electrons. The number of nitrogens with one attached hydrogen (secondary N) is 1. The minimum atomic E-state index is 0.656. The van der Waals surface area contributed by atoms with E-state index in [-0.39, 0.29) is 0 Å². The second-order valence-electron chi connectivity index (χ2n) is 5.48. The summed E-state index contributed by atoms with van der Waals surface area (Å²) in [7, 11) is 1.79. The maximum atomic E-state index is 5.27. The maximum Gasteiger partial charge on any atom is 0.0589 e. The van der Waals surface area contributed by atoms with E-state index in [9.17, 15) is 0 Å². The molecule has 0 fully saturated rings. The lowest BCUT2D eigenvalue weighted by molar-refractivity contribution is 0.111. The van der Waals surface area contributed by atoms with E-state index in [0.717, 1.165) is 32.8 Å². The third-order valence-corrected chi connectivity index (χ3v) is 4.91. The summed E-state index contributed by atoms with van der Waals surface area (Å²) < 4.78 is 5.27. The van der Waals surface area contributed by atoms with Gasteiger partial charge in [-0.05, 0) is 37.9 Å². The van der Waals surface area contributed by atoms with E-state index >= 15 is 0 Å². The fourth-order valence-electron chi connectivity index (χ4n) is 2.60. The molecule has 21 heavy (non-hydrogen) atoms. The lowest BCUT2D eigenvalue weighted by Gasteiger charge is -2.29. The van der Waals surface area contributed by atoms with Crippen molar-refractivity contribution < 1.29 is 4.74 Å². The molecule has 1 heterocycles. The molecule has 4 heteroatoms. The van der Waals surface area contributed by atoms with Gasteiger partial charge in [0.15, 0.2) is 0 Å². The van der Waals surface area contributed by atoms with Crippen molar-refractivity contribution >= 4 is 11.3 Å². The molecule has 1 aromatic heterocycles. The zero-order valence-corrected chi connectivity index (χ0v) is 15.0. The zero-order chi connectivity index (χ0) is 15.5. The topological polar surface area (TPSA) is 24.5 Å². The van der Waals surface area contributed by atoms with Crippen molar-refractivity contribution in [1.29, 1.82) is 0 Å². The Labute approximate surface area is 134 Å². The third kappa shape index (κ3) is 6.92. The Balaban J connectivity index is 2.56. The molecule has 0 aliphatic rings. The highest BCUT2D eigenvalue weighted by Crippen LogP contribution is 2.21. The second-order valence-corrected chi connectivity index (χ2v) is 6.73. The van der Waals surface area contributed by atoms with Crippen LogP contribution in [-0.2, 0) is 17.8 Å². The Bertz CT molecular complexity index is 363. The number of thiophene rings is 1. The summed E-state index contributed by atoms with van der Waals surface area (Å²) in [5, 5.41) is 3.47. The molecule has 0 aliphatic carbocycles. The summed E-state index contributed by atoms with van der Waals surface area (Å²) in [5.74, 6) is 0. The normalized spacial score (nSPS) is 11.7. The molecule has 0 spiro atoms. The smallest absolute Gasteiger partial charge is 0.0589 e.